The third kappa shape index (κ3) is 4.75. The second kappa shape index (κ2) is 7.34. The number of halogens is 3. The summed E-state index contributed by atoms with van der Waals surface area (Å²) < 4.78 is 64.8. The molecule has 1 amide bonds. The number of alkyl halides is 3. The first-order valence-corrected chi connectivity index (χ1v) is 10.9. The Morgan fingerprint density at radius 1 is 1.30 bits per heavy atom. The van der Waals surface area contributed by atoms with Crippen LogP contribution >= 0.6 is 11.8 Å². The highest BCUT2D eigenvalue weighted by molar-refractivity contribution is 8.16. The number of anilines is 1. The lowest BCUT2D eigenvalue weighted by Gasteiger charge is -2.24. The Morgan fingerprint density at radius 2 is 1.96 bits per heavy atom. The predicted octanol–water partition coefficient (Wildman–Crippen LogP) is 2.99. The van der Waals surface area contributed by atoms with Crippen LogP contribution in [0.3, 0.4) is 0 Å². The first-order chi connectivity index (χ1) is 12.6. The van der Waals surface area contributed by atoms with Gasteiger partial charge in [0.25, 0.3) is 0 Å². The molecule has 0 unspecified atom stereocenters. The number of rotatable bonds is 4. The molecule has 6 nitrogen and oxygen atoms in total. The topological polar surface area (TPSA) is 76.0 Å². The lowest BCUT2D eigenvalue weighted by Crippen LogP contribution is -2.37. The Labute approximate surface area is 158 Å². The van der Waals surface area contributed by atoms with E-state index in [-0.39, 0.29) is 34.8 Å². The van der Waals surface area contributed by atoms with Crippen molar-refractivity contribution >= 4 is 38.4 Å². The summed E-state index contributed by atoms with van der Waals surface area (Å²) in [5.74, 6) is -0.805. The number of amidine groups is 1. The number of amides is 1. The summed E-state index contributed by atoms with van der Waals surface area (Å²) in [5, 5.41) is 0.108. The summed E-state index contributed by atoms with van der Waals surface area (Å²) in [6.45, 7) is 1.85. The van der Waals surface area contributed by atoms with Crippen molar-refractivity contribution in [3.8, 4) is 5.75 Å². The first kappa shape index (κ1) is 20.0. The van der Waals surface area contributed by atoms with Crippen molar-refractivity contribution in [3.05, 3.63) is 24.3 Å². The SMILES string of the molecule is CCCC(=O)N=C1S[C@@H]2CS(=O)(=O)C[C@H]2N1c1ccc(OC(F)(F)F)cc1. The number of aliphatic imine (C=N–C) groups is 1. The predicted molar refractivity (Wildman–Crippen MR) is 96.8 cm³/mol. The van der Waals surface area contributed by atoms with E-state index in [0.717, 1.165) is 12.1 Å². The minimum Gasteiger partial charge on any atom is -0.406 e. The quantitative estimate of drug-likeness (QED) is 0.743. The average molecular weight is 422 g/mol. The minimum atomic E-state index is -4.80. The van der Waals surface area contributed by atoms with E-state index in [1.165, 1.54) is 23.9 Å². The van der Waals surface area contributed by atoms with Gasteiger partial charge in [0.1, 0.15) is 5.75 Å². The number of carbonyl (C=O) groups is 1. The maximum Gasteiger partial charge on any atom is 0.573 e. The Hall–Kier alpha value is -1.75. The maximum atomic E-state index is 12.3. The third-order valence-corrected chi connectivity index (χ3v) is 7.31. The highest BCUT2D eigenvalue weighted by Gasteiger charge is 2.49. The number of ether oxygens (including phenoxy) is 1. The Kier molecular flexibility index (Phi) is 5.44. The number of nitrogens with zero attached hydrogens (tertiary/aromatic N) is 2. The van der Waals surface area contributed by atoms with E-state index in [1.807, 2.05) is 6.92 Å². The summed E-state index contributed by atoms with van der Waals surface area (Å²) in [5.41, 5.74) is 0.463. The van der Waals surface area contributed by atoms with Crippen LogP contribution in [-0.2, 0) is 14.6 Å². The molecule has 148 valence electrons. The van der Waals surface area contributed by atoms with Crippen molar-refractivity contribution in [1.29, 1.82) is 0 Å². The van der Waals surface area contributed by atoms with Crippen molar-refractivity contribution in [2.24, 2.45) is 4.99 Å². The Morgan fingerprint density at radius 3 is 2.56 bits per heavy atom. The summed E-state index contributed by atoms with van der Waals surface area (Å²) in [6.07, 6.45) is -3.90. The van der Waals surface area contributed by atoms with Crippen LogP contribution in [0.15, 0.2) is 29.3 Å². The molecular formula is C16H17F3N2O4S2. The van der Waals surface area contributed by atoms with Crippen LogP contribution < -0.4 is 9.64 Å². The van der Waals surface area contributed by atoms with E-state index in [1.54, 1.807) is 4.90 Å². The molecule has 0 aromatic heterocycles. The zero-order valence-electron chi connectivity index (χ0n) is 14.3. The van der Waals surface area contributed by atoms with Crippen molar-refractivity contribution in [2.45, 2.75) is 37.4 Å². The van der Waals surface area contributed by atoms with Gasteiger partial charge >= 0.3 is 6.36 Å². The van der Waals surface area contributed by atoms with Crippen molar-refractivity contribution < 1.29 is 31.1 Å². The van der Waals surface area contributed by atoms with Crippen LogP contribution in [0.4, 0.5) is 18.9 Å². The number of hydrogen-bond donors (Lipinski definition) is 0. The molecule has 0 aliphatic carbocycles. The summed E-state index contributed by atoms with van der Waals surface area (Å²) in [7, 11) is -3.22. The van der Waals surface area contributed by atoms with Gasteiger partial charge in [-0.2, -0.15) is 4.99 Å². The molecule has 2 heterocycles. The van der Waals surface area contributed by atoms with Crippen LogP contribution in [0.2, 0.25) is 0 Å². The summed E-state index contributed by atoms with van der Waals surface area (Å²) >= 11 is 1.22. The number of fused-ring (bicyclic) bond motifs is 1. The fourth-order valence-corrected chi connectivity index (χ4v) is 6.98. The minimum absolute atomic E-state index is 0.0188. The van der Waals surface area contributed by atoms with Crippen LogP contribution in [0.25, 0.3) is 0 Å². The van der Waals surface area contributed by atoms with Crippen LogP contribution in [0, 0.1) is 0 Å². The van der Waals surface area contributed by atoms with E-state index in [2.05, 4.69) is 9.73 Å². The van der Waals surface area contributed by atoms with Gasteiger partial charge < -0.3 is 9.64 Å². The molecule has 3 rings (SSSR count). The summed E-state index contributed by atoms with van der Waals surface area (Å²) in [6, 6.07) is 4.68. The Bertz CT molecular complexity index is 853. The fourth-order valence-electron chi connectivity index (χ4n) is 3.05. The number of hydrogen-bond acceptors (Lipinski definition) is 5. The average Bonchev–Trinajstić information content (AvgIpc) is 2.98. The normalized spacial score (nSPS) is 25.6. The number of benzene rings is 1. The van der Waals surface area contributed by atoms with Gasteiger partial charge in [0.2, 0.25) is 5.91 Å². The van der Waals surface area contributed by atoms with E-state index >= 15 is 0 Å². The molecule has 2 aliphatic heterocycles. The van der Waals surface area contributed by atoms with Gasteiger partial charge in [-0.05, 0) is 30.7 Å². The van der Waals surface area contributed by atoms with Gasteiger partial charge in [-0.15, -0.1) is 13.2 Å². The van der Waals surface area contributed by atoms with E-state index in [0.29, 0.717) is 17.3 Å². The van der Waals surface area contributed by atoms with E-state index in [4.69, 9.17) is 0 Å². The molecule has 2 saturated heterocycles. The molecule has 1 aromatic carbocycles. The molecule has 0 N–H and O–H groups in total. The zero-order chi connectivity index (χ0) is 19.8. The first-order valence-electron chi connectivity index (χ1n) is 8.21. The van der Waals surface area contributed by atoms with Gasteiger partial charge in [-0.25, -0.2) is 8.42 Å². The molecular weight excluding hydrogens is 405 g/mol. The molecule has 2 atom stereocenters. The molecule has 0 spiro atoms. The highest BCUT2D eigenvalue weighted by Crippen LogP contribution is 2.41. The highest BCUT2D eigenvalue weighted by atomic mass is 32.2. The van der Waals surface area contributed by atoms with Crippen LogP contribution in [0.1, 0.15) is 19.8 Å². The van der Waals surface area contributed by atoms with Crippen LogP contribution in [-0.4, -0.2) is 48.7 Å². The Balaban J connectivity index is 1.91. The molecule has 0 radical (unpaired) electrons. The van der Waals surface area contributed by atoms with Crippen molar-refractivity contribution in [2.75, 3.05) is 16.4 Å². The van der Waals surface area contributed by atoms with E-state index in [9.17, 15) is 26.4 Å². The molecule has 2 fully saturated rings. The van der Waals surface area contributed by atoms with Gasteiger partial charge in [-0.3, -0.25) is 4.79 Å². The molecule has 0 bridgehead atoms. The smallest absolute Gasteiger partial charge is 0.406 e. The standard InChI is InChI=1S/C16H17F3N2O4S2/c1-2-3-14(22)20-15-21(12-8-27(23,24)9-13(12)26-15)10-4-6-11(7-5-10)25-16(17,18)19/h4-7,12-13H,2-3,8-9H2,1H3/t12-,13-/m1/s1. The fraction of sp³-hybridized carbons (Fsp3) is 0.500. The largest absolute Gasteiger partial charge is 0.573 e. The molecule has 2 aliphatic rings. The maximum absolute atomic E-state index is 12.3. The lowest BCUT2D eigenvalue weighted by atomic mass is 10.2. The summed E-state index contributed by atoms with van der Waals surface area (Å²) in [4.78, 5) is 17.7. The second-order valence-electron chi connectivity index (χ2n) is 6.25. The van der Waals surface area contributed by atoms with Gasteiger partial charge in [0.15, 0.2) is 15.0 Å². The lowest BCUT2D eigenvalue weighted by molar-refractivity contribution is -0.274. The molecule has 1 aromatic rings. The van der Waals surface area contributed by atoms with Crippen molar-refractivity contribution in [1.82, 2.24) is 0 Å². The van der Waals surface area contributed by atoms with Crippen molar-refractivity contribution in [3.63, 3.8) is 0 Å². The third-order valence-electron chi connectivity index (χ3n) is 4.10. The van der Waals surface area contributed by atoms with Crippen LogP contribution in [0.5, 0.6) is 5.75 Å². The van der Waals surface area contributed by atoms with Gasteiger partial charge in [0, 0.05) is 17.4 Å². The number of thioether (sulfide) groups is 1. The van der Waals surface area contributed by atoms with Gasteiger partial charge in [0.05, 0.1) is 17.5 Å². The zero-order valence-corrected chi connectivity index (χ0v) is 15.9. The molecule has 0 saturated carbocycles. The monoisotopic (exact) mass is 422 g/mol. The number of carbonyl (C=O) groups excluding carboxylic acids is 1. The molecule has 27 heavy (non-hydrogen) atoms. The number of sulfone groups is 1. The van der Waals surface area contributed by atoms with E-state index < -0.39 is 22.2 Å². The second-order valence-corrected chi connectivity index (χ2v) is 9.61. The molecule has 11 heteroatoms. The van der Waals surface area contributed by atoms with Gasteiger partial charge in [-0.1, -0.05) is 18.7 Å².